The van der Waals surface area contributed by atoms with E-state index < -0.39 is 0 Å². The highest BCUT2D eigenvalue weighted by atomic mass is 79.9. The Kier molecular flexibility index (Phi) is 6.93. The highest BCUT2D eigenvalue weighted by Gasteiger charge is 2.15. The average Bonchev–Trinajstić information content (AvgIpc) is 2.84. The van der Waals surface area contributed by atoms with E-state index in [1.54, 1.807) is 43.3 Å². The molecule has 1 heterocycles. The molecule has 0 aliphatic heterocycles. The summed E-state index contributed by atoms with van der Waals surface area (Å²) in [7, 11) is 3.03. The van der Waals surface area contributed by atoms with E-state index in [0.29, 0.717) is 39.5 Å². The van der Waals surface area contributed by atoms with E-state index in [4.69, 9.17) is 14.2 Å². The van der Waals surface area contributed by atoms with Crippen LogP contribution in [0.1, 0.15) is 17.0 Å². The predicted octanol–water partition coefficient (Wildman–Crippen LogP) is 5.08. The number of ether oxygens (including phenoxy) is 3. The number of nitrogens with zero attached hydrogens (tertiary/aromatic N) is 3. The van der Waals surface area contributed by atoms with Crippen LogP contribution in [0.3, 0.4) is 0 Å². The number of methoxy groups -OCH3 is 2. The van der Waals surface area contributed by atoms with E-state index in [0.717, 1.165) is 10.0 Å². The Labute approximate surface area is 203 Å². The molecule has 4 rings (SSSR count). The van der Waals surface area contributed by atoms with E-state index in [2.05, 4.69) is 26.0 Å². The summed E-state index contributed by atoms with van der Waals surface area (Å²) in [4.78, 5) is 17.4. The summed E-state index contributed by atoms with van der Waals surface area (Å²) in [6.07, 6.45) is 1.52. The lowest BCUT2D eigenvalue weighted by atomic mass is 10.2. The van der Waals surface area contributed by atoms with E-state index in [1.807, 2.05) is 6.07 Å². The van der Waals surface area contributed by atoms with Crippen LogP contribution in [0.5, 0.6) is 17.2 Å². The molecule has 1 aromatic heterocycles. The second kappa shape index (κ2) is 10.0. The van der Waals surface area contributed by atoms with E-state index in [1.165, 1.54) is 37.2 Å². The van der Waals surface area contributed by atoms with Gasteiger partial charge >= 0.3 is 0 Å². The molecular formula is C25H21BrFN3O4. The van der Waals surface area contributed by atoms with Gasteiger partial charge in [-0.3, -0.25) is 4.79 Å². The minimum atomic E-state index is -0.314. The highest BCUT2D eigenvalue weighted by molar-refractivity contribution is 9.10. The molecule has 0 aliphatic rings. The lowest BCUT2D eigenvalue weighted by Gasteiger charge is -2.15. The molecule has 9 heteroatoms. The minimum absolute atomic E-state index is 0.202. The molecule has 3 aromatic carbocycles. The van der Waals surface area contributed by atoms with Gasteiger partial charge in [-0.2, -0.15) is 9.78 Å². The minimum Gasteiger partial charge on any atom is -0.493 e. The van der Waals surface area contributed by atoms with Crippen molar-refractivity contribution in [3.05, 3.63) is 92.2 Å². The van der Waals surface area contributed by atoms with Gasteiger partial charge in [0, 0.05) is 10.0 Å². The fourth-order valence-corrected chi connectivity index (χ4v) is 3.73. The Morgan fingerprint density at radius 1 is 1.06 bits per heavy atom. The Balaban J connectivity index is 1.66. The number of hydrogen-bond acceptors (Lipinski definition) is 6. The third-order valence-electron chi connectivity index (χ3n) is 5.07. The van der Waals surface area contributed by atoms with Gasteiger partial charge < -0.3 is 14.2 Å². The molecule has 0 fully saturated rings. The van der Waals surface area contributed by atoms with Gasteiger partial charge in [0.05, 0.1) is 31.3 Å². The molecule has 0 atom stereocenters. The largest absolute Gasteiger partial charge is 0.493 e. The molecule has 7 nitrogen and oxygen atoms in total. The smallest absolute Gasteiger partial charge is 0.282 e. The number of fused-ring (bicyclic) bond motifs is 1. The maximum Gasteiger partial charge on any atom is 0.282 e. The molecule has 34 heavy (non-hydrogen) atoms. The first-order valence-electron chi connectivity index (χ1n) is 10.3. The van der Waals surface area contributed by atoms with Crippen LogP contribution >= 0.6 is 15.9 Å². The van der Waals surface area contributed by atoms with E-state index >= 15 is 0 Å². The first-order chi connectivity index (χ1) is 16.4. The summed E-state index contributed by atoms with van der Waals surface area (Å²) in [5, 5.41) is 4.81. The maximum absolute atomic E-state index is 13.2. The molecule has 4 aromatic rings. The van der Waals surface area contributed by atoms with Crippen molar-refractivity contribution in [1.82, 2.24) is 9.66 Å². The number of aromatic nitrogens is 2. The zero-order valence-corrected chi connectivity index (χ0v) is 20.3. The van der Waals surface area contributed by atoms with Crippen LogP contribution in [0.25, 0.3) is 10.9 Å². The van der Waals surface area contributed by atoms with Gasteiger partial charge in [-0.15, -0.1) is 0 Å². The van der Waals surface area contributed by atoms with Crippen molar-refractivity contribution in [2.45, 2.75) is 13.5 Å². The van der Waals surface area contributed by atoms with Crippen molar-refractivity contribution < 1.29 is 18.6 Å². The van der Waals surface area contributed by atoms with Gasteiger partial charge in [0.1, 0.15) is 18.2 Å². The first kappa shape index (κ1) is 23.4. The summed E-state index contributed by atoms with van der Waals surface area (Å²) in [5.41, 5.74) is 1.74. The zero-order chi connectivity index (χ0) is 24.2. The third kappa shape index (κ3) is 4.94. The van der Waals surface area contributed by atoms with Gasteiger partial charge in [0.15, 0.2) is 11.5 Å². The van der Waals surface area contributed by atoms with E-state index in [9.17, 15) is 9.18 Å². The fourth-order valence-electron chi connectivity index (χ4n) is 3.37. The van der Waals surface area contributed by atoms with Crippen LogP contribution in [0.15, 0.2) is 69.0 Å². The molecule has 0 saturated carbocycles. The molecular weight excluding hydrogens is 505 g/mol. The molecule has 174 valence electrons. The van der Waals surface area contributed by atoms with Crippen LogP contribution in [0.4, 0.5) is 4.39 Å². The van der Waals surface area contributed by atoms with Gasteiger partial charge in [0.2, 0.25) is 5.75 Å². The molecule has 0 radical (unpaired) electrons. The Hall–Kier alpha value is -3.72. The summed E-state index contributed by atoms with van der Waals surface area (Å²) in [6, 6.07) is 14.8. The monoisotopic (exact) mass is 525 g/mol. The van der Waals surface area contributed by atoms with Crippen molar-refractivity contribution in [3.63, 3.8) is 0 Å². The topological polar surface area (TPSA) is 74.9 Å². The number of aryl methyl sites for hydroxylation is 1. The fraction of sp³-hybridized carbons (Fsp3) is 0.160. The van der Waals surface area contributed by atoms with Crippen molar-refractivity contribution >= 4 is 33.0 Å². The van der Waals surface area contributed by atoms with Crippen LogP contribution in [0, 0.1) is 12.7 Å². The quantitative estimate of drug-likeness (QED) is 0.314. The summed E-state index contributed by atoms with van der Waals surface area (Å²) >= 11 is 3.38. The number of halogens is 2. The Bertz CT molecular complexity index is 1410. The number of benzene rings is 3. The number of rotatable bonds is 7. The summed E-state index contributed by atoms with van der Waals surface area (Å²) in [5.74, 6) is 1.39. The molecule has 0 bridgehead atoms. The molecule has 0 N–H and O–H groups in total. The maximum atomic E-state index is 13.2. The van der Waals surface area contributed by atoms with E-state index in [-0.39, 0.29) is 18.0 Å². The molecule has 0 unspecified atom stereocenters. The van der Waals surface area contributed by atoms with Crippen LogP contribution in [0.2, 0.25) is 0 Å². The van der Waals surface area contributed by atoms with Gasteiger partial charge in [-0.25, -0.2) is 9.37 Å². The van der Waals surface area contributed by atoms with Crippen molar-refractivity contribution in [1.29, 1.82) is 0 Å². The standard InChI is InChI=1S/C25H21BrFN3O4/c1-15-29-21-9-6-18(26)12-20(21)25(31)30(15)28-13-17-10-22(32-2)24(23(11-17)33-3)34-14-16-4-7-19(27)8-5-16/h4-13H,14H2,1-3H3. The normalized spacial score (nSPS) is 11.2. The molecule has 0 saturated heterocycles. The second-order valence-electron chi connectivity index (χ2n) is 7.35. The predicted molar refractivity (Wildman–Crippen MR) is 132 cm³/mol. The van der Waals surface area contributed by atoms with Crippen LogP contribution in [-0.4, -0.2) is 30.1 Å². The van der Waals surface area contributed by atoms with Crippen LogP contribution < -0.4 is 19.8 Å². The molecule has 0 spiro atoms. The first-order valence-corrected chi connectivity index (χ1v) is 11.1. The second-order valence-corrected chi connectivity index (χ2v) is 8.27. The van der Waals surface area contributed by atoms with Gasteiger partial charge in [0.25, 0.3) is 5.56 Å². The summed E-state index contributed by atoms with van der Waals surface area (Å²) in [6.45, 7) is 1.92. The molecule has 0 amide bonds. The zero-order valence-electron chi connectivity index (χ0n) is 18.7. The number of hydrogen-bond donors (Lipinski definition) is 0. The average molecular weight is 526 g/mol. The SMILES string of the molecule is COc1cc(C=Nn2c(C)nc3ccc(Br)cc3c2=O)cc(OC)c1OCc1ccc(F)cc1. The lowest BCUT2D eigenvalue weighted by molar-refractivity contribution is 0.266. The lowest BCUT2D eigenvalue weighted by Crippen LogP contribution is -2.20. The van der Waals surface area contributed by atoms with Crippen LogP contribution in [-0.2, 0) is 6.61 Å². The summed E-state index contributed by atoms with van der Waals surface area (Å²) < 4.78 is 32.1. The van der Waals surface area contributed by atoms with Gasteiger partial charge in [-0.05, 0) is 55.0 Å². The van der Waals surface area contributed by atoms with Gasteiger partial charge in [-0.1, -0.05) is 28.1 Å². The van der Waals surface area contributed by atoms with Crippen molar-refractivity contribution in [2.75, 3.05) is 14.2 Å². The van der Waals surface area contributed by atoms with Crippen molar-refractivity contribution in [3.8, 4) is 17.2 Å². The third-order valence-corrected chi connectivity index (χ3v) is 5.57. The van der Waals surface area contributed by atoms with Crippen molar-refractivity contribution in [2.24, 2.45) is 5.10 Å². The Morgan fingerprint density at radius 2 is 1.74 bits per heavy atom. The highest BCUT2D eigenvalue weighted by Crippen LogP contribution is 2.38. The molecule has 0 aliphatic carbocycles. The Morgan fingerprint density at radius 3 is 2.38 bits per heavy atom.